The molecule has 0 radical (unpaired) electrons. The summed E-state index contributed by atoms with van der Waals surface area (Å²) in [5, 5.41) is 19.0. The molecular weight excluding hydrogens is 320 g/mol. The third kappa shape index (κ3) is 2.85. The van der Waals surface area contributed by atoms with Gasteiger partial charge in [0.2, 0.25) is 5.65 Å². The van der Waals surface area contributed by atoms with Crippen LogP contribution in [0.3, 0.4) is 0 Å². The topological polar surface area (TPSA) is 68.0 Å². The number of benzene rings is 1. The maximum atomic E-state index is 4.70. The van der Waals surface area contributed by atoms with Crippen molar-refractivity contribution in [3.05, 3.63) is 59.5 Å². The van der Waals surface area contributed by atoms with Crippen molar-refractivity contribution in [3.63, 3.8) is 0 Å². The van der Waals surface area contributed by atoms with E-state index in [2.05, 4.69) is 45.0 Å². The molecule has 4 aromatic rings. The zero-order chi connectivity index (χ0) is 16.4. The number of hydrogen-bond donors (Lipinski definition) is 1. The summed E-state index contributed by atoms with van der Waals surface area (Å²) in [6.07, 6.45) is 2.48. The van der Waals surface area contributed by atoms with E-state index in [0.29, 0.717) is 6.54 Å². The van der Waals surface area contributed by atoms with Crippen LogP contribution in [0.1, 0.15) is 18.3 Å². The van der Waals surface area contributed by atoms with Crippen LogP contribution in [-0.2, 0) is 13.0 Å². The Kier molecular flexibility index (Phi) is 3.92. The van der Waals surface area contributed by atoms with Gasteiger partial charge in [-0.15, -0.1) is 21.5 Å². The second-order valence-corrected chi connectivity index (χ2v) is 6.22. The van der Waals surface area contributed by atoms with Crippen molar-refractivity contribution in [1.82, 2.24) is 24.8 Å². The molecule has 1 N–H and O–H groups in total. The minimum atomic E-state index is 0.638. The van der Waals surface area contributed by atoms with Crippen LogP contribution in [0.4, 0.5) is 5.69 Å². The van der Waals surface area contributed by atoms with Crippen LogP contribution in [0, 0.1) is 0 Å². The molecule has 3 heterocycles. The number of rotatable bonds is 5. The number of anilines is 1. The first-order valence-corrected chi connectivity index (χ1v) is 8.65. The normalized spacial score (nSPS) is 11.0. The SMILES string of the molecule is CCc1cc(NCc2csc(-c3ccccc3)n2)c2nncn2n1. The Morgan fingerprint density at radius 1 is 1.17 bits per heavy atom. The maximum absolute atomic E-state index is 4.70. The van der Waals surface area contributed by atoms with Gasteiger partial charge in [0.25, 0.3) is 0 Å². The zero-order valence-electron chi connectivity index (χ0n) is 13.2. The predicted octanol–water partition coefficient (Wildman–Crippen LogP) is 3.42. The highest BCUT2D eigenvalue weighted by molar-refractivity contribution is 7.13. The molecule has 0 fully saturated rings. The Morgan fingerprint density at radius 2 is 2.04 bits per heavy atom. The largest absolute Gasteiger partial charge is 0.376 e. The molecule has 3 aromatic heterocycles. The van der Waals surface area contributed by atoms with Crippen molar-refractivity contribution in [2.75, 3.05) is 5.32 Å². The van der Waals surface area contributed by atoms with E-state index in [-0.39, 0.29) is 0 Å². The number of nitrogens with one attached hydrogen (secondary N) is 1. The third-order valence-electron chi connectivity index (χ3n) is 3.71. The van der Waals surface area contributed by atoms with E-state index in [0.717, 1.165) is 39.7 Å². The van der Waals surface area contributed by atoms with Crippen LogP contribution in [0.15, 0.2) is 48.1 Å². The highest BCUT2D eigenvalue weighted by Gasteiger charge is 2.09. The van der Waals surface area contributed by atoms with Gasteiger partial charge < -0.3 is 5.32 Å². The zero-order valence-corrected chi connectivity index (χ0v) is 14.0. The summed E-state index contributed by atoms with van der Waals surface area (Å²) >= 11 is 1.65. The van der Waals surface area contributed by atoms with E-state index in [9.17, 15) is 0 Å². The van der Waals surface area contributed by atoms with E-state index in [1.807, 2.05) is 24.3 Å². The lowest BCUT2D eigenvalue weighted by Crippen LogP contribution is -2.05. The Labute approximate surface area is 143 Å². The monoisotopic (exact) mass is 336 g/mol. The van der Waals surface area contributed by atoms with Gasteiger partial charge in [-0.25, -0.2) is 4.98 Å². The molecule has 1 aromatic carbocycles. The van der Waals surface area contributed by atoms with E-state index >= 15 is 0 Å². The van der Waals surface area contributed by atoms with Crippen LogP contribution in [0.5, 0.6) is 0 Å². The van der Waals surface area contributed by atoms with Crippen LogP contribution < -0.4 is 5.32 Å². The predicted molar refractivity (Wildman–Crippen MR) is 95.0 cm³/mol. The molecule has 6 nitrogen and oxygen atoms in total. The lowest BCUT2D eigenvalue weighted by Gasteiger charge is -2.07. The quantitative estimate of drug-likeness (QED) is 0.605. The smallest absolute Gasteiger partial charge is 0.200 e. The van der Waals surface area contributed by atoms with Gasteiger partial charge in [0.05, 0.1) is 23.6 Å². The van der Waals surface area contributed by atoms with Gasteiger partial charge in [-0.05, 0) is 12.5 Å². The van der Waals surface area contributed by atoms with Crippen molar-refractivity contribution >= 4 is 22.7 Å². The van der Waals surface area contributed by atoms with Crippen LogP contribution in [-0.4, -0.2) is 24.8 Å². The van der Waals surface area contributed by atoms with Gasteiger partial charge in [0.15, 0.2) is 0 Å². The second kappa shape index (κ2) is 6.37. The third-order valence-corrected chi connectivity index (χ3v) is 4.65. The molecule has 0 bridgehead atoms. The fourth-order valence-electron chi connectivity index (χ4n) is 2.47. The Morgan fingerprint density at radius 3 is 2.88 bits per heavy atom. The second-order valence-electron chi connectivity index (χ2n) is 5.37. The summed E-state index contributed by atoms with van der Waals surface area (Å²) in [5.74, 6) is 0. The molecule has 4 rings (SSSR count). The summed E-state index contributed by atoms with van der Waals surface area (Å²) in [7, 11) is 0. The van der Waals surface area contributed by atoms with Gasteiger partial charge in [0.1, 0.15) is 11.3 Å². The molecule has 0 atom stereocenters. The minimum Gasteiger partial charge on any atom is -0.376 e. The van der Waals surface area contributed by atoms with E-state index in [1.165, 1.54) is 0 Å². The van der Waals surface area contributed by atoms with Crippen molar-refractivity contribution in [1.29, 1.82) is 0 Å². The van der Waals surface area contributed by atoms with Gasteiger partial charge in [0, 0.05) is 10.9 Å². The van der Waals surface area contributed by atoms with E-state index < -0.39 is 0 Å². The number of nitrogens with zero attached hydrogens (tertiary/aromatic N) is 5. The first kappa shape index (κ1) is 14.8. The lowest BCUT2D eigenvalue weighted by atomic mass is 10.2. The summed E-state index contributed by atoms with van der Waals surface area (Å²) in [6, 6.07) is 12.2. The van der Waals surface area contributed by atoms with E-state index in [1.54, 1.807) is 22.2 Å². The Hall–Kier alpha value is -2.80. The molecule has 0 saturated carbocycles. The molecule has 0 amide bonds. The number of aryl methyl sites for hydroxylation is 1. The Bertz CT molecular complexity index is 960. The fourth-order valence-corrected chi connectivity index (χ4v) is 3.29. The molecule has 0 unspecified atom stereocenters. The molecule has 0 spiro atoms. The fraction of sp³-hybridized carbons (Fsp3) is 0.176. The number of hydrogen-bond acceptors (Lipinski definition) is 6. The van der Waals surface area contributed by atoms with Gasteiger partial charge in [-0.2, -0.15) is 9.61 Å². The van der Waals surface area contributed by atoms with Crippen molar-refractivity contribution in [2.24, 2.45) is 0 Å². The number of aromatic nitrogens is 5. The minimum absolute atomic E-state index is 0.638. The lowest BCUT2D eigenvalue weighted by molar-refractivity contribution is 0.856. The standard InChI is InChI=1S/C17H16N6S/c1-2-13-8-15(16-21-19-11-23(16)22-13)18-9-14-10-24-17(20-14)12-6-4-3-5-7-12/h3-8,10-11,18H,2,9H2,1H3. The molecule has 0 aliphatic carbocycles. The van der Waals surface area contributed by atoms with Crippen LogP contribution in [0.25, 0.3) is 16.2 Å². The molecule has 0 aliphatic heterocycles. The molecule has 24 heavy (non-hydrogen) atoms. The molecule has 0 saturated heterocycles. The molecule has 0 aliphatic rings. The van der Waals surface area contributed by atoms with Gasteiger partial charge in [-0.3, -0.25) is 0 Å². The van der Waals surface area contributed by atoms with Crippen molar-refractivity contribution in [3.8, 4) is 10.6 Å². The summed E-state index contributed by atoms with van der Waals surface area (Å²) in [6.45, 7) is 2.72. The molecule has 120 valence electrons. The van der Waals surface area contributed by atoms with Crippen molar-refractivity contribution < 1.29 is 0 Å². The molecule has 7 heteroatoms. The van der Waals surface area contributed by atoms with Crippen LogP contribution in [0.2, 0.25) is 0 Å². The van der Waals surface area contributed by atoms with E-state index in [4.69, 9.17) is 4.98 Å². The average Bonchev–Trinajstić information content (AvgIpc) is 3.29. The number of thiazole rings is 1. The summed E-state index contributed by atoms with van der Waals surface area (Å²) in [5.41, 5.74) is 4.80. The highest BCUT2D eigenvalue weighted by atomic mass is 32.1. The van der Waals surface area contributed by atoms with Gasteiger partial charge in [-0.1, -0.05) is 37.3 Å². The highest BCUT2D eigenvalue weighted by Crippen LogP contribution is 2.24. The first-order chi connectivity index (χ1) is 11.8. The number of fused-ring (bicyclic) bond motifs is 1. The van der Waals surface area contributed by atoms with Gasteiger partial charge >= 0.3 is 0 Å². The first-order valence-electron chi connectivity index (χ1n) is 7.77. The average molecular weight is 336 g/mol. The summed E-state index contributed by atoms with van der Waals surface area (Å²) < 4.78 is 1.71. The van der Waals surface area contributed by atoms with Crippen molar-refractivity contribution in [2.45, 2.75) is 19.9 Å². The van der Waals surface area contributed by atoms with Crippen LogP contribution >= 0.6 is 11.3 Å². The molecular formula is C17H16N6S. The maximum Gasteiger partial charge on any atom is 0.200 e. The summed E-state index contributed by atoms with van der Waals surface area (Å²) in [4.78, 5) is 4.70. The Balaban J connectivity index is 1.55.